The Morgan fingerprint density at radius 2 is 2.38 bits per heavy atom. The van der Waals surface area contributed by atoms with Crippen LogP contribution in [0.2, 0.25) is 0 Å². The second-order valence-corrected chi connectivity index (χ2v) is 4.81. The molecule has 2 rings (SSSR count). The molecule has 16 heavy (non-hydrogen) atoms. The lowest BCUT2D eigenvalue weighted by Crippen LogP contribution is -2.05. The van der Waals surface area contributed by atoms with E-state index in [0.717, 1.165) is 21.4 Å². The molecule has 1 aromatic rings. The second kappa shape index (κ2) is 4.17. The van der Waals surface area contributed by atoms with Gasteiger partial charge in [-0.05, 0) is 17.7 Å². The maximum atomic E-state index is 11.2. The summed E-state index contributed by atoms with van der Waals surface area (Å²) in [7, 11) is 0. The Balaban J connectivity index is 2.24. The molecule has 0 saturated heterocycles. The van der Waals surface area contributed by atoms with Gasteiger partial charge in [0.15, 0.2) is 0 Å². The highest BCUT2D eigenvalue weighted by Crippen LogP contribution is 2.31. The number of benzene rings is 1. The van der Waals surface area contributed by atoms with Crippen LogP contribution in [0.15, 0.2) is 23.2 Å². The Morgan fingerprint density at radius 3 is 3.06 bits per heavy atom. The van der Waals surface area contributed by atoms with Gasteiger partial charge in [0.2, 0.25) is 5.91 Å². The van der Waals surface area contributed by atoms with Gasteiger partial charge in [0.05, 0.1) is 17.8 Å². The molecule has 1 amide bonds. The van der Waals surface area contributed by atoms with Gasteiger partial charge in [0.25, 0.3) is 0 Å². The van der Waals surface area contributed by atoms with Crippen LogP contribution < -0.4 is 16.4 Å². The number of nitrogens with two attached hydrogens (primary N) is 1. The van der Waals surface area contributed by atoms with Crippen molar-refractivity contribution in [3.63, 3.8) is 0 Å². The van der Waals surface area contributed by atoms with Crippen molar-refractivity contribution >= 4 is 38.9 Å². The molecule has 0 aromatic heterocycles. The molecule has 4 nitrogen and oxygen atoms in total. The highest BCUT2D eigenvalue weighted by atomic mass is 79.9. The van der Waals surface area contributed by atoms with Crippen molar-refractivity contribution in [1.82, 2.24) is 0 Å². The number of rotatable bonds is 3. The third-order valence-corrected chi connectivity index (χ3v) is 2.65. The molecule has 0 unspecified atom stereocenters. The summed E-state index contributed by atoms with van der Waals surface area (Å²) < 4.78 is 0.844. The lowest BCUT2D eigenvalue weighted by molar-refractivity contribution is -0.115. The van der Waals surface area contributed by atoms with Gasteiger partial charge in [0, 0.05) is 16.7 Å². The minimum Gasteiger partial charge on any atom is -0.397 e. The van der Waals surface area contributed by atoms with Gasteiger partial charge in [-0.15, -0.1) is 0 Å². The SMILES string of the molecule is C=C(Br)CNc1cc2c(cc1N)CC(=O)N2. The molecule has 1 aliphatic heterocycles. The smallest absolute Gasteiger partial charge is 0.228 e. The molecule has 0 atom stereocenters. The van der Waals surface area contributed by atoms with Crippen LogP contribution in [0, 0.1) is 0 Å². The Kier molecular flexibility index (Phi) is 2.87. The Bertz CT molecular complexity index is 471. The predicted octanol–water partition coefficient (Wildman–Crippen LogP) is 2.08. The molecule has 0 bridgehead atoms. The Hall–Kier alpha value is -1.49. The summed E-state index contributed by atoms with van der Waals surface area (Å²) in [5.74, 6) is 0.0106. The number of fused-ring (bicyclic) bond motifs is 1. The molecule has 0 aliphatic carbocycles. The number of nitrogen functional groups attached to an aromatic ring is 1. The molecule has 1 heterocycles. The van der Waals surface area contributed by atoms with Gasteiger partial charge in [-0.25, -0.2) is 0 Å². The fraction of sp³-hybridized carbons (Fsp3) is 0.182. The van der Waals surface area contributed by atoms with Gasteiger partial charge >= 0.3 is 0 Å². The van der Waals surface area contributed by atoms with Gasteiger partial charge in [-0.3, -0.25) is 4.79 Å². The lowest BCUT2D eigenvalue weighted by atomic mass is 10.1. The van der Waals surface area contributed by atoms with Gasteiger partial charge in [-0.2, -0.15) is 0 Å². The summed E-state index contributed by atoms with van der Waals surface area (Å²) in [6, 6.07) is 3.68. The van der Waals surface area contributed by atoms with E-state index in [-0.39, 0.29) is 5.91 Å². The van der Waals surface area contributed by atoms with Crippen LogP contribution in [0.25, 0.3) is 0 Å². The van der Waals surface area contributed by atoms with Crippen molar-refractivity contribution in [3.05, 3.63) is 28.8 Å². The van der Waals surface area contributed by atoms with Crippen LogP contribution in [-0.2, 0) is 11.2 Å². The highest BCUT2D eigenvalue weighted by Gasteiger charge is 2.19. The number of hydrogen-bond donors (Lipinski definition) is 3. The van der Waals surface area contributed by atoms with Crippen LogP contribution in [0.1, 0.15) is 5.56 Å². The van der Waals surface area contributed by atoms with Crippen molar-refractivity contribution in [2.75, 3.05) is 22.9 Å². The first-order chi connectivity index (χ1) is 7.56. The number of nitrogens with one attached hydrogen (secondary N) is 2. The van der Waals surface area contributed by atoms with Gasteiger partial charge < -0.3 is 16.4 Å². The average Bonchev–Trinajstić information content (AvgIpc) is 2.53. The zero-order chi connectivity index (χ0) is 11.7. The summed E-state index contributed by atoms with van der Waals surface area (Å²) in [4.78, 5) is 11.2. The van der Waals surface area contributed by atoms with Crippen molar-refractivity contribution in [2.45, 2.75) is 6.42 Å². The van der Waals surface area contributed by atoms with E-state index in [2.05, 4.69) is 33.1 Å². The monoisotopic (exact) mass is 281 g/mol. The molecule has 1 aliphatic rings. The van der Waals surface area contributed by atoms with Gasteiger partial charge in [-0.1, -0.05) is 22.5 Å². The summed E-state index contributed by atoms with van der Waals surface area (Å²) in [6.07, 6.45) is 0.408. The number of carbonyl (C=O) groups is 1. The second-order valence-electron chi connectivity index (χ2n) is 3.69. The van der Waals surface area contributed by atoms with E-state index in [4.69, 9.17) is 5.73 Å². The summed E-state index contributed by atoms with van der Waals surface area (Å²) >= 11 is 3.26. The molecule has 0 spiro atoms. The first kappa shape index (κ1) is 11.0. The van der Waals surface area contributed by atoms with Crippen LogP contribution >= 0.6 is 15.9 Å². The number of anilines is 3. The maximum Gasteiger partial charge on any atom is 0.228 e. The van der Waals surface area contributed by atoms with E-state index in [0.29, 0.717) is 18.7 Å². The average molecular weight is 282 g/mol. The van der Waals surface area contributed by atoms with Crippen molar-refractivity contribution < 1.29 is 4.79 Å². The van der Waals surface area contributed by atoms with E-state index in [1.807, 2.05) is 12.1 Å². The van der Waals surface area contributed by atoms with Gasteiger partial charge in [0.1, 0.15) is 0 Å². The quantitative estimate of drug-likeness (QED) is 0.744. The molecule has 5 heteroatoms. The Labute approximate surface area is 102 Å². The third-order valence-electron chi connectivity index (χ3n) is 2.37. The number of halogens is 1. The summed E-state index contributed by atoms with van der Waals surface area (Å²) in [6.45, 7) is 4.32. The van der Waals surface area contributed by atoms with Crippen molar-refractivity contribution in [2.24, 2.45) is 0 Å². The molecular weight excluding hydrogens is 270 g/mol. The topological polar surface area (TPSA) is 67.1 Å². The third kappa shape index (κ3) is 2.19. The van der Waals surface area contributed by atoms with Crippen LogP contribution in [0.4, 0.5) is 17.1 Å². The van der Waals surface area contributed by atoms with Crippen molar-refractivity contribution in [1.29, 1.82) is 0 Å². The predicted molar refractivity (Wildman–Crippen MR) is 69.7 cm³/mol. The van der Waals surface area contributed by atoms with E-state index in [9.17, 15) is 4.79 Å². The number of amides is 1. The zero-order valence-corrected chi connectivity index (χ0v) is 10.2. The first-order valence-corrected chi connectivity index (χ1v) is 5.65. The first-order valence-electron chi connectivity index (χ1n) is 4.85. The molecular formula is C11H12BrN3O. The van der Waals surface area contributed by atoms with Crippen LogP contribution in [0.3, 0.4) is 0 Å². The molecule has 4 N–H and O–H groups in total. The normalized spacial score (nSPS) is 13.2. The number of carbonyl (C=O) groups excluding carboxylic acids is 1. The van der Waals surface area contributed by atoms with E-state index in [1.165, 1.54) is 0 Å². The standard InChI is InChI=1S/C11H12BrN3O/c1-6(12)5-14-10-4-9-7(2-8(10)13)3-11(16)15-9/h2,4,14H,1,3,5,13H2,(H,15,16). The number of hydrogen-bond acceptors (Lipinski definition) is 3. The fourth-order valence-corrected chi connectivity index (χ4v) is 1.78. The zero-order valence-electron chi connectivity index (χ0n) is 8.64. The van der Waals surface area contributed by atoms with E-state index in [1.54, 1.807) is 0 Å². The van der Waals surface area contributed by atoms with Crippen LogP contribution in [-0.4, -0.2) is 12.5 Å². The Morgan fingerprint density at radius 1 is 1.62 bits per heavy atom. The maximum absolute atomic E-state index is 11.2. The minimum absolute atomic E-state index is 0.0106. The molecule has 1 aromatic carbocycles. The fourth-order valence-electron chi connectivity index (χ4n) is 1.64. The molecule has 84 valence electrons. The van der Waals surface area contributed by atoms with Crippen molar-refractivity contribution in [3.8, 4) is 0 Å². The summed E-state index contributed by atoms with van der Waals surface area (Å²) in [5.41, 5.74) is 9.11. The van der Waals surface area contributed by atoms with E-state index < -0.39 is 0 Å². The van der Waals surface area contributed by atoms with E-state index >= 15 is 0 Å². The lowest BCUT2D eigenvalue weighted by Gasteiger charge is -2.10. The largest absolute Gasteiger partial charge is 0.397 e. The summed E-state index contributed by atoms with van der Waals surface area (Å²) in [5, 5.41) is 5.92. The molecule has 0 saturated carbocycles. The van der Waals surface area contributed by atoms with Crippen LogP contribution in [0.5, 0.6) is 0 Å². The highest BCUT2D eigenvalue weighted by molar-refractivity contribution is 9.11. The molecule has 0 radical (unpaired) electrons. The molecule has 0 fully saturated rings. The minimum atomic E-state index is 0.0106.